The normalized spacial score (nSPS) is 11.9. The highest BCUT2D eigenvalue weighted by Crippen LogP contribution is 2.25. The third kappa shape index (κ3) is 5.44. The van der Waals surface area contributed by atoms with Crippen LogP contribution in [0.3, 0.4) is 0 Å². The number of para-hydroxylation sites is 1. The molecule has 0 fully saturated rings. The molecule has 0 aliphatic rings. The van der Waals surface area contributed by atoms with E-state index in [1.165, 1.54) is 35.6 Å². The minimum Gasteiger partial charge on any atom is -0.311 e. The minimum atomic E-state index is -3.92. The number of nitrogens with zero attached hydrogens (tertiary/aromatic N) is 5. The van der Waals surface area contributed by atoms with Crippen molar-refractivity contribution in [2.75, 3.05) is 13.1 Å². The van der Waals surface area contributed by atoms with Crippen molar-refractivity contribution in [3.63, 3.8) is 0 Å². The van der Waals surface area contributed by atoms with Crippen LogP contribution in [0.15, 0.2) is 65.0 Å². The number of sulfonamides is 1. The Kier molecular flexibility index (Phi) is 8.37. The van der Waals surface area contributed by atoms with E-state index in [1.807, 2.05) is 24.3 Å². The fourth-order valence-electron chi connectivity index (χ4n) is 3.24. The first-order chi connectivity index (χ1) is 16.3. The molecule has 3 rings (SSSR count). The predicted molar refractivity (Wildman–Crippen MR) is 131 cm³/mol. The van der Waals surface area contributed by atoms with Gasteiger partial charge in [-0.25, -0.2) is 8.42 Å². The molecule has 3 aromatic rings. The molecule has 0 saturated carbocycles. The average Bonchev–Trinajstić information content (AvgIpc) is 3.17. The summed E-state index contributed by atoms with van der Waals surface area (Å²) in [6.45, 7) is 4.12. The van der Waals surface area contributed by atoms with Crippen LogP contribution in [-0.4, -0.2) is 36.3 Å². The summed E-state index contributed by atoms with van der Waals surface area (Å²) in [6.07, 6.45) is 1.69. The molecule has 0 radical (unpaired) electrons. The van der Waals surface area contributed by atoms with Gasteiger partial charge in [0.15, 0.2) is 4.80 Å². The number of rotatable bonds is 9. The van der Waals surface area contributed by atoms with Crippen molar-refractivity contribution in [1.82, 2.24) is 8.87 Å². The number of allylic oxidation sites excluding steroid dienone is 1. The van der Waals surface area contributed by atoms with Crippen molar-refractivity contribution in [3.8, 4) is 12.1 Å². The summed E-state index contributed by atoms with van der Waals surface area (Å²) in [5.74, 6) is -0.532. The second-order valence-corrected chi connectivity index (χ2v) is 10.4. The van der Waals surface area contributed by atoms with Crippen LogP contribution in [0.25, 0.3) is 10.2 Å². The topological polar surface area (TPSA) is 119 Å². The van der Waals surface area contributed by atoms with E-state index in [0.717, 1.165) is 14.5 Å². The van der Waals surface area contributed by atoms with E-state index in [-0.39, 0.29) is 36.4 Å². The molecule has 0 aliphatic heterocycles. The van der Waals surface area contributed by atoms with E-state index >= 15 is 0 Å². The molecule has 0 saturated heterocycles. The Labute approximate surface area is 206 Å². The zero-order valence-electron chi connectivity index (χ0n) is 18.0. The molecular formula is C23H20ClN5O3S2. The largest absolute Gasteiger partial charge is 0.311 e. The van der Waals surface area contributed by atoms with Gasteiger partial charge >= 0.3 is 0 Å². The molecular weight excluding hydrogens is 494 g/mol. The van der Waals surface area contributed by atoms with Gasteiger partial charge in [0.1, 0.15) is 0 Å². The van der Waals surface area contributed by atoms with Gasteiger partial charge in [0, 0.05) is 38.0 Å². The lowest BCUT2D eigenvalue weighted by Gasteiger charge is -2.20. The molecule has 1 aromatic heterocycles. The Morgan fingerprint density at radius 1 is 1.15 bits per heavy atom. The van der Waals surface area contributed by atoms with E-state index in [0.29, 0.717) is 16.4 Å². The third-order valence-corrected chi connectivity index (χ3v) is 8.11. The summed E-state index contributed by atoms with van der Waals surface area (Å²) < 4.78 is 29.6. The first-order valence-electron chi connectivity index (χ1n) is 10.2. The Morgan fingerprint density at radius 2 is 1.79 bits per heavy atom. The number of fused-ring (bicyclic) bond motifs is 1. The van der Waals surface area contributed by atoms with Gasteiger partial charge in [0.2, 0.25) is 10.0 Å². The molecule has 1 amide bonds. The van der Waals surface area contributed by atoms with Gasteiger partial charge in [-0.15, -0.1) is 6.58 Å². The van der Waals surface area contributed by atoms with Crippen molar-refractivity contribution >= 4 is 49.1 Å². The zero-order chi connectivity index (χ0) is 24.7. The van der Waals surface area contributed by atoms with E-state index in [4.69, 9.17) is 22.1 Å². The van der Waals surface area contributed by atoms with Gasteiger partial charge in [-0.2, -0.15) is 19.8 Å². The Balaban J connectivity index is 1.94. The number of hydrogen-bond donors (Lipinski definition) is 0. The third-order valence-electron chi connectivity index (χ3n) is 4.85. The first-order valence-corrected chi connectivity index (χ1v) is 12.8. The van der Waals surface area contributed by atoms with Crippen LogP contribution in [0.4, 0.5) is 0 Å². The Bertz CT molecular complexity index is 1460. The zero-order valence-corrected chi connectivity index (χ0v) is 20.4. The van der Waals surface area contributed by atoms with Crippen LogP contribution in [-0.2, 0) is 16.6 Å². The summed E-state index contributed by atoms with van der Waals surface area (Å²) in [5.41, 5.74) is 0.977. The highest BCUT2D eigenvalue weighted by atomic mass is 35.5. The first kappa shape index (κ1) is 25.3. The molecule has 0 spiro atoms. The highest BCUT2D eigenvalue weighted by molar-refractivity contribution is 7.89. The van der Waals surface area contributed by atoms with Crippen molar-refractivity contribution < 1.29 is 13.2 Å². The van der Waals surface area contributed by atoms with Crippen molar-refractivity contribution in [1.29, 1.82) is 10.5 Å². The summed E-state index contributed by atoms with van der Waals surface area (Å²) in [7, 11) is -3.92. The monoisotopic (exact) mass is 513 g/mol. The molecule has 8 nitrogen and oxygen atoms in total. The second kappa shape index (κ2) is 11.2. The Morgan fingerprint density at radius 3 is 2.38 bits per heavy atom. The number of amides is 1. The lowest BCUT2D eigenvalue weighted by molar-refractivity contribution is 0.0997. The fourth-order valence-corrected chi connectivity index (χ4v) is 6.08. The standard InChI is InChI=1S/C23H20ClN5O3S2/c1-2-14-29-21-19(24)6-3-7-20(21)33-23(29)27-22(30)17-8-10-18(11-9-17)34(31,32)28(15-4-12-25)16-5-13-26/h2-3,6-11H,1,4-5,14-16H2. The number of halogens is 1. The van der Waals surface area contributed by atoms with E-state index in [9.17, 15) is 13.2 Å². The van der Waals surface area contributed by atoms with E-state index in [2.05, 4.69) is 11.6 Å². The number of carbonyl (C=O) groups excluding carboxylic acids is 1. The summed E-state index contributed by atoms with van der Waals surface area (Å²) >= 11 is 7.66. The van der Waals surface area contributed by atoms with Gasteiger partial charge < -0.3 is 4.57 Å². The molecule has 1 heterocycles. The van der Waals surface area contributed by atoms with Crippen LogP contribution < -0.4 is 4.80 Å². The quantitative estimate of drug-likeness (QED) is 0.399. The Hall–Kier alpha value is -3.28. The van der Waals surface area contributed by atoms with Crippen LogP contribution in [0.1, 0.15) is 23.2 Å². The van der Waals surface area contributed by atoms with E-state index < -0.39 is 15.9 Å². The molecule has 34 heavy (non-hydrogen) atoms. The molecule has 0 atom stereocenters. The lowest BCUT2D eigenvalue weighted by Crippen LogP contribution is -2.32. The van der Waals surface area contributed by atoms with Crippen LogP contribution in [0.2, 0.25) is 5.02 Å². The summed E-state index contributed by atoms with van der Waals surface area (Å²) in [4.78, 5) is 17.5. The van der Waals surface area contributed by atoms with Crippen molar-refractivity contribution in [2.24, 2.45) is 4.99 Å². The molecule has 0 N–H and O–H groups in total. The van der Waals surface area contributed by atoms with E-state index in [1.54, 1.807) is 16.7 Å². The summed E-state index contributed by atoms with van der Waals surface area (Å²) in [6, 6.07) is 14.7. The highest BCUT2D eigenvalue weighted by Gasteiger charge is 2.24. The maximum atomic E-state index is 12.9. The molecule has 0 bridgehead atoms. The average molecular weight is 514 g/mol. The molecule has 0 aliphatic carbocycles. The van der Waals surface area contributed by atoms with Gasteiger partial charge in [0.25, 0.3) is 5.91 Å². The van der Waals surface area contributed by atoms with Gasteiger partial charge in [-0.3, -0.25) is 4.79 Å². The minimum absolute atomic E-state index is 0.00397. The number of benzene rings is 2. The SMILES string of the molecule is C=CCn1c(=NC(=O)c2ccc(S(=O)(=O)N(CCC#N)CCC#N)cc2)sc2cccc(Cl)c21. The lowest BCUT2D eigenvalue weighted by atomic mass is 10.2. The maximum absolute atomic E-state index is 12.9. The van der Waals surface area contributed by atoms with Crippen molar-refractivity contribution in [3.05, 3.63) is 70.5 Å². The van der Waals surface area contributed by atoms with Crippen LogP contribution in [0.5, 0.6) is 0 Å². The number of hydrogen-bond acceptors (Lipinski definition) is 6. The van der Waals surface area contributed by atoms with Crippen LogP contribution >= 0.6 is 22.9 Å². The predicted octanol–water partition coefficient (Wildman–Crippen LogP) is 4.10. The fraction of sp³-hybridized carbons (Fsp3) is 0.217. The smallest absolute Gasteiger partial charge is 0.279 e. The number of nitriles is 2. The number of thiazole rings is 1. The maximum Gasteiger partial charge on any atom is 0.279 e. The van der Waals surface area contributed by atoms with Gasteiger partial charge in [-0.05, 0) is 36.4 Å². The van der Waals surface area contributed by atoms with Gasteiger partial charge in [0.05, 0.1) is 32.3 Å². The number of aromatic nitrogens is 1. The van der Waals surface area contributed by atoms with Crippen LogP contribution in [0, 0.1) is 22.7 Å². The molecule has 0 unspecified atom stereocenters. The molecule has 11 heteroatoms. The molecule has 174 valence electrons. The second-order valence-electron chi connectivity index (χ2n) is 7.03. The van der Waals surface area contributed by atoms with Crippen molar-refractivity contribution in [2.45, 2.75) is 24.3 Å². The summed E-state index contributed by atoms with van der Waals surface area (Å²) in [5, 5.41) is 18.2. The molecule has 2 aromatic carbocycles. The number of carbonyl (C=O) groups is 1. The van der Waals surface area contributed by atoms with Gasteiger partial charge in [-0.1, -0.05) is 35.1 Å².